The van der Waals surface area contributed by atoms with E-state index in [9.17, 15) is 114 Å². The molecule has 13 unspecified atom stereocenters. The van der Waals surface area contributed by atoms with Crippen LogP contribution in [-0.2, 0) is 86.0 Å². The molecule has 3 aromatic carbocycles. The Balaban J connectivity index is 0.000000386. The number of hydrogen-bond donors (Lipinski definition) is 11. The quantitative estimate of drug-likeness (QED) is 0.0171. The van der Waals surface area contributed by atoms with Gasteiger partial charge in [0.15, 0.2) is 34.7 Å². The van der Waals surface area contributed by atoms with Gasteiger partial charge in [0, 0.05) is 48.5 Å². The molecule has 13 atom stereocenters. The van der Waals surface area contributed by atoms with Gasteiger partial charge in [-0.15, -0.1) is 23.2 Å². The number of esters is 6. The van der Waals surface area contributed by atoms with Crippen LogP contribution < -0.4 is 0 Å². The molecule has 3 fully saturated rings. The number of ketones is 6. The predicted octanol–water partition coefficient (Wildman–Crippen LogP) is -0.265. The number of carbonyl (C=O) groups is 12. The first-order chi connectivity index (χ1) is 47.5. The van der Waals surface area contributed by atoms with E-state index in [4.69, 9.17) is 51.6 Å². The smallest absolute Gasteiger partial charge is 0.317 e. The number of Topliss-reactive ketones (excluding diaryl/α,β-unsaturated/α-hetero) is 6. The summed E-state index contributed by atoms with van der Waals surface area (Å²) >= 11 is 11.9. The largest absolute Gasteiger partial charge is 0.508 e. The van der Waals surface area contributed by atoms with Crippen LogP contribution in [0.15, 0.2) is 72.8 Å². The van der Waals surface area contributed by atoms with Crippen molar-refractivity contribution in [2.75, 3.05) is 77.7 Å². The summed E-state index contributed by atoms with van der Waals surface area (Å²) in [7, 11) is 0. The number of nitrogens with zero attached hydrogens (tertiary/aromatic N) is 1. The molecule has 11 N–H and O–H groups in total. The maximum absolute atomic E-state index is 15.0. The van der Waals surface area contributed by atoms with Gasteiger partial charge in [-0.05, 0) is 94.6 Å². The van der Waals surface area contributed by atoms with Crippen molar-refractivity contribution in [2.24, 2.45) is 59.2 Å². The average molecular weight is 1450 g/mol. The number of phenols is 3. The fourth-order valence-electron chi connectivity index (χ4n) is 13.5. The van der Waals surface area contributed by atoms with Crippen LogP contribution in [0.2, 0.25) is 0 Å². The highest BCUT2D eigenvalue weighted by Gasteiger charge is 2.67. The van der Waals surface area contributed by atoms with Gasteiger partial charge in [-0.1, -0.05) is 36.4 Å². The molecule has 3 aromatic rings. The Morgan fingerprint density at radius 2 is 0.590 bits per heavy atom. The molecule has 3 aliphatic carbocycles. The van der Waals surface area contributed by atoms with Crippen LogP contribution in [0.5, 0.6) is 17.2 Å². The molecule has 0 aromatic heterocycles. The summed E-state index contributed by atoms with van der Waals surface area (Å²) in [5.74, 6) is -42.2. The number of phenolic OH excluding ortho intramolecular Hbond substituents is 3. The van der Waals surface area contributed by atoms with Crippen LogP contribution >= 0.6 is 23.2 Å². The van der Waals surface area contributed by atoms with E-state index < -0.39 is 203 Å². The third-order valence-corrected chi connectivity index (χ3v) is 18.1. The van der Waals surface area contributed by atoms with Gasteiger partial charge in [0.25, 0.3) is 0 Å². The number of aromatic hydroxyl groups is 3. The van der Waals surface area contributed by atoms with Crippen molar-refractivity contribution in [1.82, 2.24) is 4.90 Å². The van der Waals surface area contributed by atoms with Gasteiger partial charge < -0.3 is 84.6 Å². The molecule has 0 spiro atoms. The van der Waals surface area contributed by atoms with Crippen molar-refractivity contribution in [3.8, 4) is 17.2 Å². The second-order valence-corrected chi connectivity index (χ2v) is 24.3. The molecule has 6 rings (SSSR count). The van der Waals surface area contributed by atoms with Crippen LogP contribution in [-0.4, -0.2) is 252 Å². The molecular weight excluding hydrogens is 1370 g/mol. The lowest BCUT2D eigenvalue weighted by Crippen LogP contribution is -2.64. The molecule has 0 bridgehead atoms. The van der Waals surface area contributed by atoms with Gasteiger partial charge >= 0.3 is 35.8 Å². The maximum atomic E-state index is 15.0. The predicted molar refractivity (Wildman–Crippen MR) is 344 cm³/mol. The average Bonchev–Trinajstić information content (AvgIpc) is 0.727. The van der Waals surface area contributed by atoms with Gasteiger partial charge in [0.2, 0.25) is 0 Å². The van der Waals surface area contributed by atoms with E-state index in [-0.39, 0.29) is 98.4 Å². The molecule has 3 aliphatic rings. The van der Waals surface area contributed by atoms with E-state index in [2.05, 4.69) is 0 Å². The SMILES string of the molecule is CCOC(=O)C1C(=O)C(C(C(O)C(O)C(O)CO)N(CCCl)CCCl)C(=O)C(C(=O)OCC)C1c1ccc(O)cc1.CCOC(=O)C1C(=O)C(C(C2C(=O)C(C(=O)OCC)C(c3ccc(O)cc3)C(C(=O)OCC)C2=O)C(O)C(O)C(O)CO)C(=O)C(C(=O)OCC)C1c1ccc(O)cc1. The maximum Gasteiger partial charge on any atom is 0.317 e. The number of ether oxygens (including phenoxy) is 6. The number of benzene rings is 3. The second-order valence-electron chi connectivity index (χ2n) is 23.5. The Hall–Kier alpha value is -7.88. The van der Waals surface area contributed by atoms with Crippen molar-refractivity contribution in [1.29, 1.82) is 0 Å². The zero-order valence-electron chi connectivity index (χ0n) is 55.4. The van der Waals surface area contributed by atoms with Crippen LogP contribution in [0.4, 0.5) is 0 Å². The number of hydrogen-bond acceptors (Lipinski definition) is 30. The number of alkyl halides is 2. The highest BCUT2D eigenvalue weighted by atomic mass is 35.5. The molecule has 30 nitrogen and oxygen atoms in total. The lowest BCUT2D eigenvalue weighted by molar-refractivity contribution is -0.176. The third kappa shape index (κ3) is 18.2. The number of halogens is 2. The first-order valence-corrected chi connectivity index (χ1v) is 33.3. The molecule has 0 heterocycles. The summed E-state index contributed by atoms with van der Waals surface area (Å²) in [6.07, 6.45) is -13.5. The first kappa shape index (κ1) is 82.8. The summed E-state index contributed by atoms with van der Waals surface area (Å²) in [4.78, 5) is 172. The first-order valence-electron chi connectivity index (χ1n) is 32.3. The second kappa shape index (κ2) is 38.2. The molecule has 0 saturated heterocycles. The number of aliphatic hydroxyl groups is 8. The molecule has 0 aliphatic heterocycles. The van der Waals surface area contributed by atoms with Gasteiger partial charge in [0.05, 0.1) is 88.9 Å². The molecule has 550 valence electrons. The summed E-state index contributed by atoms with van der Waals surface area (Å²) in [5.41, 5.74) is 0.168. The molecule has 32 heteroatoms. The Kier molecular flexibility index (Phi) is 31.7. The Morgan fingerprint density at radius 3 is 0.800 bits per heavy atom. The fraction of sp³-hybridized carbons (Fsp3) is 0.559. The number of carbonyl (C=O) groups excluding carboxylic acids is 12. The summed E-state index contributed by atoms with van der Waals surface area (Å²) in [6, 6.07) is 13.1. The minimum absolute atomic E-state index is 0.0156. The Morgan fingerprint density at radius 1 is 0.370 bits per heavy atom. The highest BCUT2D eigenvalue weighted by Crippen LogP contribution is 2.52. The summed E-state index contributed by atoms with van der Waals surface area (Å²) in [6.45, 7) is 4.68. The normalized spacial score (nSPS) is 25.5. The zero-order chi connectivity index (χ0) is 74.7. The standard InChI is InChI=1S/C41H48O18.C27H37Cl2NO11/c1-5-56-38(52)28-23(18-9-13-20(43)14-10-18)29(39(53)57-6-2)34(48)26(33(28)47)25(37(51)32(46)22(45)17-42)27-35(49)30(40(54)58-7-3)24(19-11-15-21(44)16-12-19)31(36(27)50)41(55)59-8-4;1-3-40-26(38)18-17(14-5-7-15(32)8-6-14)19(27(39)41-4-2)24(36)20(23(18)35)21(30(11-9-28)12-10-29)25(37)22(34)16(33)13-31/h9-16,22-32,37,42-46,51H,5-8,17H2,1-4H3;5-8,16-22,25,31-34,37H,3-4,9-13H2,1-2H3. The molecular formula is C68H85Cl2NO29. The van der Waals surface area contributed by atoms with E-state index in [0.717, 1.165) is 24.3 Å². The van der Waals surface area contributed by atoms with E-state index in [1.165, 1.54) is 95.0 Å². The lowest BCUT2D eigenvalue weighted by Gasteiger charge is -2.46. The van der Waals surface area contributed by atoms with Crippen molar-refractivity contribution in [3.63, 3.8) is 0 Å². The third-order valence-electron chi connectivity index (χ3n) is 17.8. The van der Waals surface area contributed by atoms with Gasteiger partial charge in [-0.2, -0.15) is 0 Å². The van der Waals surface area contributed by atoms with Gasteiger partial charge in [0.1, 0.15) is 77.2 Å². The lowest BCUT2D eigenvalue weighted by atomic mass is 9.54. The van der Waals surface area contributed by atoms with E-state index >= 15 is 0 Å². The van der Waals surface area contributed by atoms with E-state index in [1.807, 2.05) is 0 Å². The Labute approximate surface area is 584 Å². The summed E-state index contributed by atoms with van der Waals surface area (Å²) < 4.78 is 31.3. The topological polar surface area (TPSA) is 486 Å². The Bertz CT molecular complexity index is 3110. The molecule has 100 heavy (non-hydrogen) atoms. The monoisotopic (exact) mass is 1450 g/mol. The molecule has 0 amide bonds. The van der Waals surface area contributed by atoms with Crippen LogP contribution in [0.1, 0.15) is 76.0 Å². The van der Waals surface area contributed by atoms with Crippen molar-refractivity contribution in [3.05, 3.63) is 89.5 Å². The molecule has 0 radical (unpaired) electrons. The fourth-order valence-corrected chi connectivity index (χ4v) is 13.9. The van der Waals surface area contributed by atoms with Gasteiger partial charge in [-0.3, -0.25) is 62.4 Å². The van der Waals surface area contributed by atoms with Gasteiger partial charge in [-0.25, -0.2) is 0 Å². The summed E-state index contributed by atoms with van der Waals surface area (Å²) in [5, 5.41) is 115. The van der Waals surface area contributed by atoms with Crippen LogP contribution in [0.25, 0.3) is 0 Å². The van der Waals surface area contributed by atoms with Crippen molar-refractivity contribution in [2.45, 2.75) is 102 Å². The number of rotatable bonds is 31. The van der Waals surface area contributed by atoms with E-state index in [1.54, 1.807) is 0 Å². The van der Waals surface area contributed by atoms with Crippen LogP contribution in [0, 0.1) is 59.2 Å². The van der Waals surface area contributed by atoms with Crippen molar-refractivity contribution < 1.29 is 142 Å². The minimum Gasteiger partial charge on any atom is -0.508 e. The zero-order valence-corrected chi connectivity index (χ0v) is 56.9. The highest BCUT2D eigenvalue weighted by molar-refractivity contribution is 6.23. The molecule has 3 saturated carbocycles. The van der Waals surface area contributed by atoms with Crippen molar-refractivity contribution >= 4 is 93.7 Å². The number of aliphatic hydroxyl groups excluding tert-OH is 8. The minimum atomic E-state index is -2.72. The van der Waals surface area contributed by atoms with E-state index in [0.29, 0.717) is 0 Å². The van der Waals surface area contributed by atoms with Crippen LogP contribution in [0.3, 0.4) is 0 Å².